The molecule has 0 saturated carbocycles. The fraction of sp³-hybridized carbons (Fsp3) is 0.333. The largest absolute Gasteiger partial charge is 0.482 e. The molecule has 0 spiro atoms. The lowest BCUT2D eigenvalue weighted by Crippen LogP contribution is -2.21. The van der Waals surface area contributed by atoms with Gasteiger partial charge in [-0.1, -0.05) is 6.32 Å². The van der Waals surface area contributed by atoms with Gasteiger partial charge in [-0.25, -0.2) is 9.97 Å². The molecular formula is C6H7BF3N2OS-. The highest BCUT2D eigenvalue weighted by molar-refractivity contribution is 7.84. The third-order valence-corrected chi connectivity index (χ3v) is 2.38. The normalized spacial score (nSPS) is 14.0. The molecule has 1 rings (SSSR count). The van der Waals surface area contributed by atoms with Crippen LogP contribution in [0.1, 0.15) is 5.56 Å². The van der Waals surface area contributed by atoms with Crippen molar-refractivity contribution in [2.24, 2.45) is 0 Å². The first-order valence-electron chi connectivity index (χ1n) is 3.73. The summed E-state index contributed by atoms with van der Waals surface area (Å²) in [4.78, 5) is 7.04. The maximum Gasteiger partial charge on any atom is 0.482 e. The molecule has 0 bridgehead atoms. The zero-order chi connectivity index (χ0) is 10.8. The molecule has 78 valence electrons. The second-order valence-corrected chi connectivity index (χ2v) is 4.02. The van der Waals surface area contributed by atoms with E-state index in [1.54, 1.807) is 0 Å². The topological polar surface area (TPSA) is 42.9 Å². The second-order valence-electron chi connectivity index (χ2n) is 2.72. The van der Waals surface area contributed by atoms with Crippen LogP contribution < -0.4 is 0 Å². The average molecular weight is 223 g/mol. The standard InChI is InChI=1S/C6H7BF3N2OS/c1-14(13)6-5(2-7(8,9)10)3-11-4-12-6/h3-4H,2H2,1H3/q-1. The zero-order valence-corrected chi connectivity index (χ0v) is 8.10. The molecule has 0 fully saturated rings. The highest BCUT2D eigenvalue weighted by Crippen LogP contribution is 2.18. The maximum absolute atomic E-state index is 12.1. The molecule has 0 N–H and O–H groups in total. The van der Waals surface area contributed by atoms with E-state index in [4.69, 9.17) is 0 Å². The summed E-state index contributed by atoms with van der Waals surface area (Å²) < 4.78 is 47.3. The molecule has 1 aromatic heterocycles. The van der Waals surface area contributed by atoms with E-state index in [-0.39, 0.29) is 10.6 Å². The van der Waals surface area contributed by atoms with Gasteiger partial charge in [0.1, 0.15) is 11.4 Å². The first kappa shape index (κ1) is 11.2. The van der Waals surface area contributed by atoms with E-state index >= 15 is 0 Å². The summed E-state index contributed by atoms with van der Waals surface area (Å²) in [7, 11) is -1.52. The highest BCUT2D eigenvalue weighted by atomic mass is 32.2. The number of aromatic nitrogens is 2. The van der Waals surface area contributed by atoms with Crippen molar-refractivity contribution in [2.45, 2.75) is 11.3 Å². The predicted octanol–water partition coefficient (Wildman–Crippen LogP) is 1.14. The molecule has 14 heavy (non-hydrogen) atoms. The lowest BCUT2D eigenvalue weighted by Gasteiger charge is -2.14. The molecule has 0 aliphatic carbocycles. The van der Waals surface area contributed by atoms with Gasteiger partial charge in [0.2, 0.25) is 0 Å². The molecule has 0 amide bonds. The highest BCUT2D eigenvalue weighted by Gasteiger charge is 2.25. The SMILES string of the molecule is CS(=O)c1ncncc1C[B-](F)(F)F. The fourth-order valence-corrected chi connectivity index (χ4v) is 1.70. The van der Waals surface area contributed by atoms with E-state index in [0.717, 1.165) is 12.5 Å². The van der Waals surface area contributed by atoms with Crippen LogP contribution in [0.4, 0.5) is 12.9 Å². The van der Waals surface area contributed by atoms with Crippen molar-refractivity contribution in [3.8, 4) is 0 Å². The molecule has 3 nitrogen and oxygen atoms in total. The van der Waals surface area contributed by atoms with Gasteiger partial charge in [-0.05, 0) is 5.56 Å². The monoisotopic (exact) mass is 223 g/mol. The smallest absolute Gasteiger partial charge is 0.449 e. The summed E-state index contributed by atoms with van der Waals surface area (Å²) in [6.45, 7) is -4.94. The summed E-state index contributed by atoms with van der Waals surface area (Å²) >= 11 is 0. The summed E-state index contributed by atoms with van der Waals surface area (Å²) in [6, 6.07) is 0. The van der Waals surface area contributed by atoms with Crippen LogP contribution in [0.3, 0.4) is 0 Å². The van der Waals surface area contributed by atoms with Crippen LogP contribution in [0.5, 0.6) is 0 Å². The summed E-state index contributed by atoms with van der Waals surface area (Å²) in [6.07, 6.45) is 2.34. The average Bonchev–Trinajstić information content (AvgIpc) is 2.01. The van der Waals surface area contributed by atoms with Crippen LogP contribution in [-0.4, -0.2) is 27.4 Å². The van der Waals surface area contributed by atoms with E-state index in [9.17, 15) is 17.2 Å². The Morgan fingerprint density at radius 1 is 1.50 bits per heavy atom. The third-order valence-electron chi connectivity index (χ3n) is 1.47. The van der Waals surface area contributed by atoms with Crippen molar-refractivity contribution in [2.75, 3.05) is 6.26 Å². The van der Waals surface area contributed by atoms with Gasteiger partial charge in [-0.3, -0.25) is 4.21 Å². The van der Waals surface area contributed by atoms with Crippen molar-refractivity contribution >= 4 is 17.8 Å². The maximum atomic E-state index is 12.1. The molecule has 0 aliphatic rings. The Morgan fingerprint density at radius 3 is 2.64 bits per heavy atom. The van der Waals surface area contributed by atoms with Crippen LogP contribution in [0.25, 0.3) is 0 Å². The van der Waals surface area contributed by atoms with Gasteiger partial charge in [0.05, 0.1) is 10.8 Å². The minimum Gasteiger partial charge on any atom is -0.449 e. The first-order valence-corrected chi connectivity index (χ1v) is 5.29. The Kier molecular flexibility index (Phi) is 3.25. The molecule has 0 aromatic carbocycles. The van der Waals surface area contributed by atoms with Crippen molar-refractivity contribution in [1.29, 1.82) is 0 Å². The predicted molar refractivity (Wildman–Crippen MR) is 47.1 cm³/mol. The Bertz CT molecular complexity index is 357. The van der Waals surface area contributed by atoms with Crippen LogP contribution in [0.2, 0.25) is 0 Å². The van der Waals surface area contributed by atoms with E-state index in [2.05, 4.69) is 9.97 Å². The number of hydrogen-bond acceptors (Lipinski definition) is 3. The Hall–Kier alpha value is -0.915. The van der Waals surface area contributed by atoms with Crippen molar-refractivity contribution in [1.82, 2.24) is 9.97 Å². The van der Waals surface area contributed by atoms with Gasteiger partial charge in [0.15, 0.2) is 0 Å². The van der Waals surface area contributed by atoms with Crippen LogP contribution in [-0.2, 0) is 17.1 Å². The van der Waals surface area contributed by atoms with Crippen LogP contribution in [0.15, 0.2) is 17.6 Å². The van der Waals surface area contributed by atoms with Crippen molar-refractivity contribution in [3.05, 3.63) is 18.1 Å². The molecule has 1 heterocycles. The van der Waals surface area contributed by atoms with E-state index in [0.29, 0.717) is 0 Å². The molecule has 8 heteroatoms. The van der Waals surface area contributed by atoms with Gasteiger partial charge < -0.3 is 12.9 Å². The fourth-order valence-electron chi connectivity index (χ4n) is 0.995. The Morgan fingerprint density at radius 2 is 2.14 bits per heavy atom. The summed E-state index contributed by atoms with van der Waals surface area (Å²) in [5.41, 5.74) is -0.110. The number of hydrogen-bond donors (Lipinski definition) is 0. The molecule has 1 atom stereocenters. The summed E-state index contributed by atoms with van der Waals surface area (Å²) in [5.74, 6) is 0. The molecule has 0 aliphatic heterocycles. The minimum atomic E-state index is -4.94. The van der Waals surface area contributed by atoms with Gasteiger partial charge in [-0.15, -0.1) is 0 Å². The first-order chi connectivity index (χ1) is 6.40. The van der Waals surface area contributed by atoms with Crippen LogP contribution >= 0.6 is 0 Å². The number of rotatable bonds is 3. The zero-order valence-electron chi connectivity index (χ0n) is 7.28. The lowest BCUT2D eigenvalue weighted by atomic mass is 9.83. The van der Waals surface area contributed by atoms with Gasteiger partial charge in [0, 0.05) is 12.5 Å². The van der Waals surface area contributed by atoms with Gasteiger partial charge >= 0.3 is 6.98 Å². The molecular weight excluding hydrogens is 216 g/mol. The van der Waals surface area contributed by atoms with Gasteiger partial charge in [0.25, 0.3) is 0 Å². The van der Waals surface area contributed by atoms with Crippen molar-refractivity contribution in [3.63, 3.8) is 0 Å². The minimum absolute atomic E-state index is 0.0424. The Labute approximate surface area is 81.3 Å². The molecule has 0 saturated heterocycles. The van der Waals surface area contributed by atoms with Crippen molar-refractivity contribution < 1.29 is 17.2 Å². The summed E-state index contributed by atoms with van der Waals surface area (Å²) in [5, 5.41) is -0.0424. The molecule has 0 radical (unpaired) electrons. The van der Waals surface area contributed by atoms with Crippen LogP contribution in [0, 0.1) is 0 Å². The lowest BCUT2D eigenvalue weighted by molar-refractivity contribution is 0.467. The van der Waals surface area contributed by atoms with E-state index in [1.807, 2.05) is 0 Å². The molecule has 1 aromatic rings. The quantitative estimate of drug-likeness (QED) is 0.570. The number of halogens is 3. The van der Waals surface area contributed by atoms with Gasteiger partial charge in [-0.2, -0.15) is 0 Å². The Balaban J connectivity index is 3.02. The second kappa shape index (κ2) is 4.08. The van der Waals surface area contributed by atoms with E-state index in [1.165, 1.54) is 6.26 Å². The van der Waals surface area contributed by atoms with E-state index < -0.39 is 24.1 Å². The number of nitrogens with zero attached hydrogens (tertiary/aromatic N) is 2. The third kappa shape index (κ3) is 3.10. The molecule has 1 unspecified atom stereocenters.